The van der Waals surface area contributed by atoms with E-state index in [0.717, 1.165) is 38.5 Å². The number of hydrogen-bond acceptors (Lipinski definition) is 3. The molecule has 0 aromatic heterocycles. The summed E-state index contributed by atoms with van der Waals surface area (Å²) >= 11 is 0. The van der Waals surface area contributed by atoms with Gasteiger partial charge in [-0.2, -0.15) is 0 Å². The van der Waals surface area contributed by atoms with Crippen molar-refractivity contribution in [2.45, 2.75) is 111 Å². The molecule has 0 N–H and O–H groups in total. The second kappa shape index (κ2) is 16.2. The van der Waals surface area contributed by atoms with Crippen molar-refractivity contribution in [2.24, 2.45) is 5.92 Å². The molecule has 0 amide bonds. The lowest BCUT2D eigenvalue weighted by molar-refractivity contribution is -0.134. The van der Waals surface area contributed by atoms with Gasteiger partial charge >= 0.3 is 5.97 Å². The Morgan fingerprint density at radius 1 is 0.759 bits per heavy atom. The van der Waals surface area contributed by atoms with Gasteiger partial charge < -0.3 is 4.74 Å². The molecule has 0 fully saturated rings. The Kier molecular flexibility index (Phi) is 14.2. The van der Waals surface area contributed by atoms with Gasteiger partial charge in [-0.3, -0.25) is 9.59 Å². The number of benzene rings is 1. The van der Waals surface area contributed by atoms with Gasteiger partial charge in [-0.05, 0) is 43.5 Å². The highest BCUT2D eigenvalue weighted by Gasteiger charge is 2.17. The fraction of sp³-hybridized carbons (Fsp3) is 0.692. The van der Waals surface area contributed by atoms with Crippen LogP contribution in [-0.4, -0.2) is 11.8 Å². The predicted molar refractivity (Wildman–Crippen MR) is 122 cm³/mol. The highest BCUT2D eigenvalue weighted by molar-refractivity contribution is 5.97. The number of hydrogen-bond donors (Lipinski definition) is 0. The topological polar surface area (TPSA) is 43.4 Å². The lowest BCUT2D eigenvalue weighted by Crippen LogP contribution is -2.14. The van der Waals surface area contributed by atoms with E-state index in [0.29, 0.717) is 17.7 Å². The van der Waals surface area contributed by atoms with E-state index in [1.54, 1.807) is 24.3 Å². The summed E-state index contributed by atoms with van der Waals surface area (Å²) < 4.78 is 5.42. The Hall–Kier alpha value is -1.64. The van der Waals surface area contributed by atoms with Gasteiger partial charge in [0.15, 0.2) is 5.78 Å². The molecule has 0 aliphatic carbocycles. The molecule has 164 valence electrons. The van der Waals surface area contributed by atoms with E-state index >= 15 is 0 Å². The molecule has 1 aromatic carbocycles. The predicted octanol–water partition coefficient (Wildman–Crippen LogP) is 7.91. The molecule has 3 nitrogen and oxygen atoms in total. The largest absolute Gasteiger partial charge is 0.427 e. The second-order valence-electron chi connectivity index (χ2n) is 8.19. The average Bonchev–Trinajstić information content (AvgIpc) is 2.73. The van der Waals surface area contributed by atoms with Gasteiger partial charge in [-0.1, -0.05) is 85.0 Å². The summed E-state index contributed by atoms with van der Waals surface area (Å²) in [7, 11) is 0. The molecule has 0 aliphatic heterocycles. The summed E-state index contributed by atoms with van der Waals surface area (Å²) in [4.78, 5) is 24.6. The van der Waals surface area contributed by atoms with Crippen LogP contribution in [0.4, 0.5) is 0 Å². The molecule has 0 heterocycles. The zero-order valence-corrected chi connectivity index (χ0v) is 19.0. The van der Waals surface area contributed by atoms with E-state index in [2.05, 4.69) is 20.8 Å². The van der Waals surface area contributed by atoms with E-state index in [1.165, 1.54) is 44.9 Å². The summed E-state index contributed by atoms with van der Waals surface area (Å²) in [6.45, 7) is 6.46. The number of esters is 1. The molecule has 29 heavy (non-hydrogen) atoms. The van der Waals surface area contributed by atoms with Crippen LogP contribution >= 0.6 is 0 Å². The fourth-order valence-electron chi connectivity index (χ4n) is 3.66. The molecular weight excluding hydrogens is 360 g/mol. The molecule has 0 spiro atoms. The fourth-order valence-corrected chi connectivity index (χ4v) is 3.66. The van der Waals surface area contributed by atoms with E-state index in [4.69, 9.17) is 4.74 Å². The van der Waals surface area contributed by atoms with Gasteiger partial charge in [0.05, 0.1) is 0 Å². The number of unbranched alkanes of at least 4 members (excludes halogenated alkanes) is 9. The maximum atomic E-state index is 12.6. The van der Waals surface area contributed by atoms with Crippen molar-refractivity contribution in [3.05, 3.63) is 29.8 Å². The highest BCUT2D eigenvalue weighted by Crippen LogP contribution is 2.21. The van der Waals surface area contributed by atoms with Gasteiger partial charge in [0, 0.05) is 17.9 Å². The molecule has 0 saturated heterocycles. The van der Waals surface area contributed by atoms with Gasteiger partial charge in [0.2, 0.25) is 0 Å². The van der Waals surface area contributed by atoms with Gasteiger partial charge in [-0.15, -0.1) is 0 Å². The van der Waals surface area contributed by atoms with E-state index in [-0.39, 0.29) is 17.7 Å². The molecule has 0 aliphatic rings. The molecule has 1 aromatic rings. The third-order valence-electron chi connectivity index (χ3n) is 5.62. The quantitative estimate of drug-likeness (QED) is 0.115. The maximum absolute atomic E-state index is 12.6. The van der Waals surface area contributed by atoms with Crippen LogP contribution in [0.1, 0.15) is 121 Å². The normalized spacial score (nSPS) is 12.0. The molecule has 1 atom stereocenters. The van der Waals surface area contributed by atoms with Crippen LogP contribution in [0, 0.1) is 5.92 Å². The lowest BCUT2D eigenvalue weighted by Gasteiger charge is -2.13. The van der Waals surface area contributed by atoms with Crippen LogP contribution in [0.2, 0.25) is 0 Å². The van der Waals surface area contributed by atoms with Crippen molar-refractivity contribution in [3.63, 3.8) is 0 Å². The van der Waals surface area contributed by atoms with Crippen LogP contribution in [0.25, 0.3) is 0 Å². The van der Waals surface area contributed by atoms with Crippen LogP contribution in [-0.2, 0) is 4.79 Å². The first-order chi connectivity index (χ1) is 14.1. The monoisotopic (exact) mass is 402 g/mol. The van der Waals surface area contributed by atoms with Crippen LogP contribution in [0.15, 0.2) is 24.3 Å². The lowest BCUT2D eigenvalue weighted by atomic mass is 9.91. The number of ether oxygens (including phenoxy) is 1. The summed E-state index contributed by atoms with van der Waals surface area (Å²) in [5.41, 5.74) is 0.715. The molecule has 3 heteroatoms. The summed E-state index contributed by atoms with van der Waals surface area (Å²) in [5, 5.41) is 0. The zero-order valence-electron chi connectivity index (χ0n) is 19.0. The van der Waals surface area contributed by atoms with Crippen molar-refractivity contribution < 1.29 is 14.3 Å². The first-order valence-electron chi connectivity index (χ1n) is 12.0. The van der Waals surface area contributed by atoms with E-state index < -0.39 is 0 Å². The number of carbonyl (C=O) groups excluding carboxylic acids is 2. The van der Waals surface area contributed by atoms with Crippen LogP contribution in [0.5, 0.6) is 5.75 Å². The van der Waals surface area contributed by atoms with Crippen molar-refractivity contribution >= 4 is 11.8 Å². The summed E-state index contributed by atoms with van der Waals surface area (Å²) in [6, 6.07) is 7.07. The van der Waals surface area contributed by atoms with Gasteiger partial charge in [0.25, 0.3) is 0 Å². The van der Waals surface area contributed by atoms with E-state index in [1.807, 2.05) is 0 Å². The minimum Gasteiger partial charge on any atom is -0.427 e. The first-order valence-corrected chi connectivity index (χ1v) is 12.0. The molecule has 1 rings (SSSR count). The van der Waals surface area contributed by atoms with E-state index in [9.17, 15) is 9.59 Å². The van der Waals surface area contributed by atoms with Crippen LogP contribution in [0.3, 0.4) is 0 Å². The maximum Gasteiger partial charge on any atom is 0.311 e. The minimum atomic E-state index is -0.179. The number of ketones is 1. The second-order valence-corrected chi connectivity index (χ2v) is 8.19. The summed E-state index contributed by atoms with van der Waals surface area (Å²) in [6.07, 6.45) is 15.6. The number of carbonyl (C=O) groups is 2. The molecule has 0 bridgehead atoms. The summed E-state index contributed by atoms with van der Waals surface area (Å²) in [5.74, 6) is 0.647. The number of Topliss-reactive ketones (excluding diaryl/α,β-unsaturated/α-hetero) is 1. The van der Waals surface area contributed by atoms with Crippen molar-refractivity contribution in [1.29, 1.82) is 0 Å². The molecule has 1 unspecified atom stereocenters. The van der Waals surface area contributed by atoms with Crippen LogP contribution < -0.4 is 4.74 Å². The average molecular weight is 403 g/mol. The SMILES string of the molecule is CCCCCCCCCCCC(=O)Oc1ccc(C(=O)C(CC)CCCC)cc1. The Bertz CT molecular complexity index is 562. The van der Waals surface area contributed by atoms with Crippen molar-refractivity contribution in [1.82, 2.24) is 0 Å². The highest BCUT2D eigenvalue weighted by atomic mass is 16.5. The smallest absolute Gasteiger partial charge is 0.311 e. The minimum absolute atomic E-state index is 0.0926. The van der Waals surface area contributed by atoms with Gasteiger partial charge in [-0.25, -0.2) is 0 Å². The third-order valence-corrected chi connectivity index (χ3v) is 5.62. The zero-order chi connectivity index (χ0) is 21.3. The molecule has 0 saturated carbocycles. The Labute approximate surface area is 178 Å². The van der Waals surface area contributed by atoms with Crippen molar-refractivity contribution in [2.75, 3.05) is 0 Å². The Morgan fingerprint density at radius 2 is 1.31 bits per heavy atom. The first kappa shape index (κ1) is 25.4. The van der Waals surface area contributed by atoms with Gasteiger partial charge in [0.1, 0.15) is 5.75 Å². The molecule has 0 radical (unpaired) electrons. The third kappa shape index (κ3) is 11.2. The number of rotatable bonds is 17. The Morgan fingerprint density at radius 3 is 1.86 bits per heavy atom. The standard InChI is InChI=1S/C26H42O3/c1-4-7-9-10-11-12-13-14-15-17-25(27)29-24-20-18-23(19-21-24)26(28)22(6-3)16-8-5-2/h18-22H,4-17H2,1-3H3. The Balaban J connectivity index is 2.27. The molecular formula is C26H42O3. The van der Waals surface area contributed by atoms with Crippen molar-refractivity contribution in [3.8, 4) is 5.75 Å².